The lowest BCUT2D eigenvalue weighted by molar-refractivity contribution is -0.157. The van der Waals surface area contributed by atoms with Gasteiger partial charge in [-0.05, 0) is 18.8 Å². The van der Waals surface area contributed by atoms with Crippen LogP contribution >= 0.6 is 0 Å². The molecule has 0 aliphatic heterocycles. The van der Waals surface area contributed by atoms with Crippen molar-refractivity contribution in [2.24, 2.45) is 5.41 Å². The Balaban J connectivity index is 4.58. The van der Waals surface area contributed by atoms with Gasteiger partial charge in [-0.2, -0.15) is 0 Å². The van der Waals surface area contributed by atoms with Gasteiger partial charge in [-0.15, -0.1) is 0 Å². The third-order valence-corrected chi connectivity index (χ3v) is 2.74. The van der Waals surface area contributed by atoms with Gasteiger partial charge in [-0.3, -0.25) is 0 Å². The summed E-state index contributed by atoms with van der Waals surface area (Å²) in [6.45, 7) is 10.5. The highest BCUT2D eigenvalue weighted by molar-refractivity contribution is 5.90. The Kier molecular flexibility index (Phi) is 8.15. The number of ether oxygens (including phenoxy) is 2. The van der Waals surface area contributed by atoms with Crippen molar-refractivity contribution in [1.29, 1.82) is 0 Å². The number of hydrogen-bond donors (Lipinski definition) is 1. The third-order valence-electron chi connectivity index (χ3n) is 2.74. The van der Waals surface area contributed by atoms with Crippen molar-refractivity contribution < 1.29 is 24.2 Å². The van der Waals surface area contributed by atoms with Crippen molar-refractivity contribution in [2.75, 3.05) is 6.61 Å². The van der Waals surface area contributed by atoms with E-state index in [1.54, 1.807) is 6.92 Å². The maximum Gasteiger partial charge on any atom is 0.331 e. The van der Waals surface area contributed by atoms with E-state index < -0.39 is 18.0 Å². The van der Waals surface area contributed by atoms with E-state index >= 15 is 0 Å². The van der Waals surface area contributed by atoms with Crippen molar-refractivity contribution in [3.63, 3.8) is 0 Å². The lowest BCUT2D eigenvalue weighted by atomic mass is 9.86. The highest BCUT2D eigenvalue weighted by Crippen LogP contribution is 2.27. The van der Waals surface area contributed by atoms with Gasteiger partial charge in [0.1, 0.15) is 6.10 Å². The first-order chi connectivity index (χ1) is 9.18. The second-order valence-electron chi connectivity index (χ2n) is 5.82. The third kappa shape index (κ3) is 7.94. The largest absolute Gasteiger partial charge is 0.478 e. The van der Waals surface area contributed by atoms with Gasteiger partial charge in [0.25, 0.3) is 0 Å². The van der Waals surface area contributed by atoms with E-state index in [1.807, 2.05) is 20.8 Å². The van der Waals surface area contributed by atoms with Gasteiger partial charge in [0.15, 0.2) is 0 Å². The summed E-state index contributed by atoms with van der Waals surface area (Å²) in [6, 6.07) is 0. The number of aliphatic carboxylic acids is 1. The number of carbonyl (C=O) groups is 2. The van der Waals surface area contributed by atoms with Crippen LogP contribution in [0.3, 0.4) is 0 Å². The van der Waals surface area contributed by atoms with Crippen LogP contribution in [0.4, 0.5) is 0 Å². The molecule has 0 aromatic carbocycles. The standard InChI is InChI=1S/C15H26O5/c1-6-7-10-19-14(15(3,4)5)11(2)20-13(18)9-8-12(16)17/h8-9,11,14H,6-7,10H2,1-5H3,(H,16,17)/b9-8+. The molecule has 116 valence electrons. The first kappa shape index (κ1) is 18.6. The molecule has 2 unspecified atom stereocenters. The number of unbranched alkanes of at least 4 members (excludes halogenated alkanes) is 1. The minimum atomic E-state index is -1.18. The number of rotatable bonds is 8. The molecule has 0 radical (unpaired) electrons. The smallest absolute Gasteiger partial charge is 0.331 e. The van der Waals surface area contributed by atoms with E-state index in [4.69, 9.17) is 14.6 Å². The second kappa shape index (κ2) is 8.74. The van der Waals surface area contributed by atoms with E-state index in [1.165, 1.54) is 0 Å². The number of esters is 1. The van der Waals surface area contributed by atoms with Crippen LogP contribution in [0.15, 0.2) is 12.2 Å². The molecule has 0 amide bonds. The van der Waals surface area contributed by atoms with Crippen molar-refractivity contribution in [3.8, 4) is 0 Å². The van der Waals surface area contributed by atoms with Gasteiger partial charge in [-0.25, -0.2) is 9.59 Å². The first-order valence-corrected chi connectivity index (χ1v) is 6.91. The lowest BCUT2D eigenvalue weighted by Gasteiger charge is -2.34. The summed E-state index contributed by atoms with van der Waals surface area (Å²) in [5, 5.41) is 8.46. The molecule has 0 aliphatic rings. The van der Waals surface area contributed by atoms with Crippen molar-refractivity contribution >= 4 is 11.9 Å². The summed E-state index contributed by atoms with van der Waals surface area (Å²) in [4.78, 5) is 21.8. The fourth-order valence-electron chi connectivity index (χ4n) is 1.87. The van der Waals surface area contributed by atoms with E-state index in [0.29, 0.717) is 6.61 Å². The zero-order valence-corrected chi connectivity index (χ0v) is 13.0. The van der Waals surface area contributed by atoms with E-state index in [2.05, 4.69) is 6.92 Å². The van der Waals surface area contributed by atoms with Crippen molar-refractivity contribution in [2.45, 2.75) is 59.7 Å². The van der Waals surface area contributed by atoms with Gasteiger partial charge in [-0.1, -0.05) is 34.1 Å². The highest BCUT2D eigenvalue weighted by atomic mass is 16.6. The zero-order chi connectivity index (χ0) is 15.8. The predicted octanol–water partition coefficient (Wildman–Crippen LogP) is 2.79. The number of hydrogen-bond acceptors (Lipinski definition) is 4. The van der Waals surface area contributed by atoms with Crippen LogP contribution in [0.25, 0.3) is 0 Å². The molecule has 0 saturated carbocycles. The molecule has 0 fully saturated rings. The molecule has 1 N–H and O–H groups in total. The quantitative estimate of drug-likeness (QED) is 0.422. The monoisotopic (exact) mass is 286 g/mol. The molecule has 0 aliphatic carbocycles. The second-order valence-corrected chi connectivity index (χ2v) is 5.82. The Morgan fingerprint density at radius 2 is 1.85 bits per heavy atom. The molecule has 2 atom stereocenters. The number of carboxylic acids is 1. The topological polar surface area (TPSA) is 72.8 Å². The minimum Gasteiger partial charge on any atom is -0.478 e. The maximum atomic E-state index is 11.5. The molecule has 0 bridgehead atoms. The molecule has 0 heterocycles. The molecule has 0 aromatic rings. The summed E-state index contributed by atoms with van der Waals surface area (Å²) < 4.78 is 11.0. The van der Waals surface area contributed by atoms with Crippen LogP contribution in [-0.2, 0) is 19.1 Å². The molecular weight excluding hydrogens is 260 g/mol. The van der Waals surface area contributed by atoms with E-state index in [-0.39, 0.29) is 11.5 Å². The van der Waals surface area contributed by atoms with Crippen LogP contribution in [-0.4, -0.2) is 35.9 Å². The fraction of sp³-hybridized carbons (Fsp3) is 0.733. The Morgan fingerprint density at radius 3 is 2.30 bits per heavy atom. The molecule has 0 spiro atoms. The number of carboxylic acid groups (broad SMARTS) is 1. The van der Waals surface area contributed by atoms with Gasteiger partial charge in [0, 0.05) is 18.8 Å². The maximum absolute atomic E-state index is 11.5. The Morgan fingerprint density at radius 1 is 1.25 bits per heavy atom. The summed E-state index contributed by atoms with van der Waals surface area (Å²) in [6.07, 6.45) is 2.97. The molecule has 0 rings (SSSR count). The minimum absolute atomic E-state index is 0.177. The molecular formula is C15H26O5. The summed E-state index contributed by atoms with van der Waals surface area (Å²) in [7, 11) is 0. The SMILES string of the molecule is CCCCOC(C(C)OC(=O)/C=C/C(=O)O)C(C)(C)C. The summed E-state index contributed by atoms with van der Waals surface area (Å²) >= 11 is 0. The molecule has 5 heteroatoms. The Hall–Kier alpha value is -1.36. The average Bonchev–Trinajstić information content (AvgIpc) is 2.30. The van der Waals surface area contributed by atoms with Gasteiger partial charge < -0.3 is 14.6 Å². The predicted molar refractivity (Wildman–Crippen MR) is 76.4 cm³/mol. The molecule has 0 aromatic heterocycles. The Bertz CT molecular complexity index is 341. The summed E-state index contributed by atoms with van der Waals surface area (Å²) in [5.74, 6) is -1.85. The van der Waals surface area contributed by atoms with Gasteiger partial charge in [0.05, 0.1) is 6.10 Å². The lowest BCUT2D eigenvalue weighted by Crippen LogP contribution is -2.41. The van der Waals surface area contributed by atoms with Crippen LogP contribution in [0, 0.1) is 5.41 Å². The zero-order valence-electron chi connectivity index (χ0n) is 13.0. The van der Waals surface area contributed by atoms with Crippen LogP contribution in [0.5, 0.6) is 0 Å². The van der Waals surface area contributed by atoms with Crippen molar-refractivity contribution in [3.05, 3.63) is 12.2 Å². The van der Waals surface area contributed by atoms with Crippen LogP contribution < -0.4 is 0 Å². The average molecular weight is 286 g/mol. The molecule has 0 saturated heterocycles. The van der Waals surface area contributed by atoms with E-state index in [0.717, 1.165) is 25.0 Å². The van der Waals surface area contributed by atoms with E-state index in [9.17, 15) is 9.59 Å². The molecule has 20 heavy (non-hydrogen) atoms. The van der Waals surface area contributed by atoms with Crippen LogP contribution in [0.2, 0.25) is 0 Å². The van der Waals surface area contributed by atoms with Crippen molar-refractivity contribution in [1.82, 2.24) is 0 Å². The Labute approximate surface area is 121 Å². The summed E-state index contributed by atoms with van der Waals surface area (Å²) in [5.41, 5.74) is -0.177. The first-order valence-electron chi connectivity index (χ1n) is 6.91. The van der Waals surface area contributed by atoms with Gasteiger partial charge in [0.2, 0.25) is 0 Å². The highest BCUT2D eigenvalue weighted by Gasteiger charge is 2.32. The molecule has 5 nitrogen and oxygen atoms in total. The fourth-order valence-corrected chi connectivity index (χ4v) is 1.87. The van der Waals surface area contributed by atoms with Crippen LogP contribution in [0.1, 0.15) is 47.5 Å². The normalized spacial score (nSPS) is 15.1. The number of carbonyl (C=O) groups excluding carboxylic acids is 1. The van der Waals surface area contributed by atoms with Gasteiger partial charge >= 0.3 is 11.9 Å².